The van der Waals surface area contributed by atoms with E-state index in [4.69, 9.17) is 5.26 Å². The number of nitriles is 1. The van der Waals surface area contributed by atoms with E-state index in [1.807, 2.05) is 12.2 Å². The van der Waals surface area contributed by atoms with Crippen LogP contribution >= 0.6 is 0 Å². The van der Waals surface area contributed by atoms with Crippen LogP contribution in [0.5, 0.6) is 0 Å². The lowest BCUT2D eigenvalue weighted by molar-refractivity contribution is -0.132. The molecule has 0 spiro atoms. The molecule has 2 aliphatic heterocycles. The van der Waals surface area contributed by atoms with Crippen LogP contribution in [0, 0.1) is 11.3 Å². The minimum Gasteiger partial charge on any atom is -0.477 e. The second-order valence-corrected chi connectivity index (χ2v) is 11.7. The van der Waals surface area contributed by atoms with Crippen molar-refractivity contribution in [2.75, 3.05) is 22.9 Å². The summed E-state index contributed by atoms with van der Waals surface area (Å²) in [5.74, 6) is -1.23. The number of allylic oxidation sites excluding steroid dienone is 4. The van der Waals surface area contributed by atoms with Gasteiger partial charge in [0.25, 0.3) is 0 Å². The van der Waals surface area contributed by atoms with Crippen molar-refractivity contribution in [3.63, 3.8) is 0 Å². The molecule has 0 atom stereocenters. The van der Waals surface area contributed by atoms with Gasteiger partial charge in [0, 0.05) is 37.6 Å². The number of aryl methyl sites for hydroxylation is 2. The van der Waals surface area contributed by atoms with Crippen LogP contribution in [0.25, 0.3) is 5.57 Å². The van der Waals surface area contributed by atoms with Gasteiger partial charge < -0.3 is 14.9 Å². The van der Waals surface area contributed by atoms with Gasteiger partial charge in [-0.15, -0.1) is 0 Å². The monoisotopic (exact) mass is 591 g/mol. The molecular weight excluding hydrogens is 554 g/mol. The number of hydrogen-bond donors (Lipinski definition) is 1. The van der Waals surface area contributed by atoms with Crippen LogP contribution in [-0.2, 0) is 30.7 Å². The van der Waals surface area contributed by atoms with Gasteiger partial charge in [-0.25, -0.2) is 4.79 Å². The van der Waals surface area contributed by atoms with Crippen molar-refractivity contribution in [1.29, 1.82) is 5.26 Å². The molecule has 6 rings (SSSR count). The summed E-state index contributed by atoms with van der Waals surface area (Å²) in [6.07, 6.45) is 11.1. The van der Waals surface area contributed by atoms with E-state index in [1.54, 1.807) is 12.1 Å². The maximum Gasteiger partial charge on any atom is 0.346 e. The molecule has 0 aliphatic carbocycles. The molecule has 4 aromatic rings. The second kappa shape index (κ2) is 14.0. The van der Waals surface area contributed by atoms with Crippen molar-refractivity contribution in [2.24, 2.45) is 0 Å². The summed E-state index contributed by atoms with van der Waals surface area (Å²) in [5.41, 5.74) is 10.9. The number of carbonyl (C=O) groups is 1. The minimum atomic E-state index is -1.23. The fourth-order valence-corrected chi connectivity index (χ4v) is 6.44. The summed E-state index contributed by atoms with van der Waals surface area (Å²) in [6, 6.07) is 36.5. The first kappa shape index (κ1) is 29.7. The highest BCUT2D eigenvalue weighted by Gasteiger charge is 2.21. The molecule has 45 heavy (non-hydrogen) atoms. The Morgan fingerprint density at radius 2 is 1.20 bits per heavy atom. The number of hydrogen-bond acceptors (Lipinski definition) is 4. The Balaban J connectivity index is 1.34. The summed E-state index contributed by atoms with van der Waals surface area (Å²) in [7, 11) is 0. The van der Waals surface area contributed by atoms with Gasteiger partial charge in [0.05, 0.1) is 0 Å². The molecule has 2 aliphatic rings. The first-order valence-electron chi connectivity index (χ1n) is 15.7. The molecular formula is C40H37N3O2. The Hall–Kier alpha value is -5.34. The molecule has 4 aromatic carbocycles. The Morgan fingerprint density at radius 3 is 1.67 bits per heavy atom. The normalized spacial score (nSPS) is 14.4. The molecule has 5 nitrogen and oxygen atoms in total. The van der Waals surface area contributed by atoms with Crippen molar-refractivity contribution in [1.82, 2.24) is 0 Å². The standard InChI is InChI=1S/C40H37N3O2/c41-27-36(40(44)45)15-7-8-18-37(32-19-21-38-34(25-32)16-9-23-42(38)28-30-11-3-1-4-12-30)33-20-22-39-35(26-33)17-10-24-43(39)29-31-13-5-2-6-14-31/h1-8,11-15,18-22,25-26H,9-10,16-17,23-24,28-29H2,(H,44,45)/b8-7+,36-15+. The van der Waals surface area contributed by atoms with Gasteiger partial charge in [-0.05, 0) is 95.0 Å². The van der Waals surface area contributed by atoms with E-state index in [2.05, 4.69) is 107 Å². The zero-order valence-electron chi connectivity index (χ0n) is 25.4. The van der Waals surface area contributed by atoms with E-state index >= 15 is 0 Å². The van der Waals surface area contributed by atoms with Crippen LogP contribution in [0.3, 0.4) is 0 Å². The zero-order chi connectivity index (χ0) is 31.0. The number of carboxylic acid groups (broad SMARTS) is 1. The largest absolute Gasteiger partial charge is 0.477 e. The molecule has 0 saturated heterocycles. The van der Waals surface area contributed by atoms with E-state index in [0.717, 1.165) is 68.6 Å². The average Bonchev–Trinajstić information content (AvgIpc) is 3.07. The lowest BCUT2D eigenvalue weighted by Gasteiger charge is -2.32. The molecule has 0 saturated carbocycles. The topological polar surface area (TPSA) is 67.6 Å². The summed E-state index contributed by atoms with van der Waals surface area (Å²) in [6.45, 7) is 3.85. The third-order valence-corrected chi connectivity index (χ3v) is 8.63. The van der Waals surface area contributed by atoms with Gasteiger partial charge in [0.1, 0.15) is 11.6 Å². The minimum absolute atomic E-state index is 0.291. The molecule has 2 heterocycles. The highest BCUT2D eigenvalue weighted by molar-refractivity contribution is 5.91. The molecule has 0 amide bonds. The molecule has 1 N–H and O–H groups in total. The van der Waals surface area contributed by atoms with E-state index in [1.165, 1.54) is 39.7 Å². The highest BCUT2D eigenvalue weighted by Crippen LogP contribution is 2.36. The fourth-order valence-electron chi connectivity index (χ4n) is 6.44. The smallest absolute Gasteiger partial charge is 0.346 e. The molecule has 5 heteroatoms. The molecule has 0 unspecified atom stereocenters. The molecule has 0 aromatic heterocycles. The van der Waals surface area contributed by atoms with Crippen LogP contribution in [0.1, 0.15) is 46.2 Å². The summed E-state index contributed by atoms with van der Waals surface area (Å²) in [5, 5.41) is 18.4. The van der Waals surface area contributed by atoms with E-state index in [-0.39, 0.29) is 5.57 Å². The van der Waals surface area contributed by atoms with Crippen molar-refractivity contribution in [3.05, 3.63) is 160 Å². The third kappa shape index (κ3) is 7.08. The Labute approximate surface area is 265 Å². The van der Waals surface area contributed by atoms with Crippen LogP contribution in [-0.4, -0.2) is 24.2 Å². The lowest BCUT2D eigenvalue weighted by Crippen LogP contribution is -2.29. The van der Waals surface area contributed by atoms with Crippen molar-refractivity contribution >= 4 is 22.9 Å². The van der Waals surface area contributed by atoms with Gasteiger partial charge in [0.15, 0.2) is 0 Å². The molecule has 0 fully saturated rings. The van der Waals surface area contributed by atoms with Crippen molar-refractivity contribution < 1.29 is 9.90 Å². The van der Waals surface area contributed by atoms with E-state index in [0.29, 0.717) is 0 Å². The third-order valence-electron chi connectivity index (χ3n) is 8.63. The number of rotatable bonds is 9. The number of nitrogens with zero attached hydrogens (tertiary/aromatic N) is 3. The molecule has 0 bridgehead atoms. The van der Waals surface area contributed by atoms with Crippen LogP contribution < -0.4 is 9.80 Å². The van der Waals surface area contributed by atoms with E-state index in [9.17, 15) is 9.90 Å². The Kier molecular flexibility index (Phi) is 9.22. The fraction of sp³-hybridized carbons (Fsp3) is 0.200. The molecule has 224 valence electrons. The summed E-state index contributed by atoms with van der Waals surface area (Å²) in [4.78, 5) is 16.3. The Morgan fingerprint density at radius 1 is 0.711 bits per heavy atom. The number of carboxylic acids is 1. The van der Waals surface area contributed by atoms with Crippen molar-refractivity contribution in [2.45, 2.75) is 38.8 Å². The first-order valence-corrected chi connectivity index (χ1v) is 15.7. The number of fused-ring (bicyclic) bond motifs is 2. The van der Waals surface area contributed by atoms with Crippen molar-refractivity contribution in [3.8, 4) is 6.07 Å². The van der Waals surface area contributed by atoms with Gasteiger partial charge in [-0.2, -0.15) is 5.26 Å². The summed E-state index contributed by atoms with van der Waals surface area (Å²) < 4.78 is 0. The predicted octanol–water partition coefficient (Wildman–Crippen LogP) is 8.11. The van der Waals surface area contributed by atoms with E-state index < -0.39 is 5.97 Å². The lowest BCUT2D eigenvalue weighted by atomic mass is 9.90. The maximum absolute atomic E-state index is 11.3. The zero-order valence-corrected chi connectivity index (χ0v) is 25.4. The van der Waals surface area contributed by atoms with Gasteiger partial charge in [-0.3, -0.25) is 0 Å². The predicted molar refractivity (Wildman–Crippen MR) is 182 cm³/mol. The number of benzene rings is 4. The Bertz CT molecular complexity index is 1690. The quantitative estimate of drug-likeness (QED) is 0.121. The van der Waals surface area contributed by atoms with Gasteiger partial charge in [0.2, 0.25) is 0 Å². The first-order chi connectivity index (χ1) is 22.1. The van der Waals surface area contributed by atoms with Gasteiger partial charge in [-0.1, -0.05) is 91.0 Å². The SMILES string of the molecule is N#C/C(=C\C=C\C=C(c1ccc2c(c1)CCCN2Cc1ccccc1)c1ccc2c(c1)CCCN2Cc1ccccc1)C(=O)O. The van der Waals surface area contributed by atoms with Crippen LogP contribution in [0.2, 0.25) is 0 Å². The maximum atomic E-state index is 11.3. The highest BCUT2D eigenvalue weighted by atomic mass is 16.4. The van der Waals surface area contributed by atoms with Crippen LogP contribution in [0.4, 0.5) is 11.4 Å². The second-order valence-electron chi connectivity index (χ2n) is 11.7. The average molecular weight is 592 g/mol. The molecule has 0 radical (unpaired) electrons. The summed E-state index contributed by atoms with van der Waals surface area (Å²) >= 11 is 0. The van der Waals surface area contributed by atoms with Gasteiger partial charge >= 0.3 is 5.97 Å². The number of aliphatic carboxylic acids is 1. The van der Waals surface area contributed by atoms with Crippen LogP contribution in [0.15, 0.2) is 127 Å². The number of anilines is 2.